The van der Waals surface area contributed by atoms with Crippen LogP contribution in [0.2, 0.25) is 0 Å². The Morgan fingerprint density at radius 2 is 1.46 bits per heavy atom. The molecule has 4 nitrogen and oxygen atoms in total. The van der Waals surface area contributed by atoms with Crippen LogP contribution in [-0.4, -0.2) is 28.3 Å². The van der Waals surface area contributed by atoms with Gasteiger partial charge in [0.25, 0.3) is 0 Å². The maximum atomic E-state index is 13.7. The summed E-state index contributed by atoms with van der Waals surface area (Å²) in [7, 11) is 0. The van der Waals surface area contributed by atoms with E-state index in [0.29, 0.717) is 25.8 Å². The molecule has 0 fully saturated rings. The summed E-state index contributed by atoms with van der Waals surface area (Å²) in [6, 6.07) is 25.4. The van der Waals surface area contributed by atoms with Crippen molar-refractivity contribution in [3.05, 3.63) is 106 Å². The highest BCUT2D eigenvalue weighted by Crippen LogP contribution is 2.19. The molecule has 5 heteroatoms. The predicted octanol–water partition coefficient (Wildman–Crippen LogP) is 6.24. The minimum atomic E-state index is -0.620. The normalized spacial score (nSPS) is 12.1. The van der Waals surface area contributed by atoms with Crippen LogP contribution in [0.15, 0.2) is 83.3 Å². The largest absolute Gasteiger partial charge is 0.350 e. The van der Waals surface area contributed by atoms with Gasteiger partial charge in [-0.25, -0.2) is 0 Å². The molecule has 0 saturated heterocycles. The lowest BCUT2D eigenvalue weighted by Gasteiger charge is -2.34. The zero-order valence-electron chi connectivity index (χ0n) is 21.1. The molecule has 0 aliphatic rings. The molecule has 3 aromatic carbocycles. The Kier molecular flexibility index (Phi) is 9.27. The van der Waals surface area contributed by atoms with E-state index in [9.17, 15) is 9.59 Å². The molecule has 0 heterocycles. The van der Waals surface area contributed by atoms with Gasteiger partial charge >= 0.3 is 0 Å². The van der Waals surface area contributed by atoms with Crippen LogP contribution < -0.4 is 5.32 Å². The molecule has 0 unspecified atom stereocenters. The first-order valence-electron chi connectivity index (χ1n) is 12.1. The molecule has 35 heavy (non-hydrogen) atoms. The Morgan fingerprint density at radius 3 is 2.06 bits per heavy atom. The van der Waals surface area contributed by atoms with E-state index in [2.05, 4.69) is 52.4 Å². The Hall–Kier alpha value is -2.92. The van der Waals surface area contributed by atoms with E-state index in [0.717, 1.165) is 21.2 Å². The van der Waals surface area contributed by atoms with Crippen LogP contribution in [0.3, 0.4) is 0 Å². The molecule has 0 bridgehead atoms. The third kappa shape index (κ3) is 8.66. The topological polar surface area (TPSA) is 49.4 Å². The van der Waals surface area contributed by atoms with E-state index in [4.69, 9.17) is 0 Å². The van der Waals surface area contributed by atoms with Crippen molar-refractivity contribution in [2.45, 2.75) is 65.1 Å². The second-order valence-corrected chi connectivity index (χ2v) is 11.0. The van der Waals surface area contributed by atoms with Crippen molar-refractivity contribution in [1.29, 1.82) is 0 Å². The highest BCUT2D eigenvalue weighted by molar-refractivity contribution is 9.10. The summed E-state index contributed by atoms with van der Waals surface area (Å²) in [5.41, 5.74) is 3.91. The van der Waals surface area contributed by atoms with Crippen molar-refractivity contribution in [2.75, 3.05) is 0 Å². The first-order chi connectivity index (χ1) is 16.6. The minimum absolute atomic E-state index is 0.0292. The molecule has 3 rings (SSSR count). The van der Waals surface area contributed by atoms with E-state index in [1.165, 1.54) is 5.56 Å². The average molecular weight is 536 g/mol. The fourth-order valence-corrected chi connectivity index (χ4v) is 4.21. The molecule has 0 spiro atoms. The molecular formula is C30H35BrN2O2. The minimum Gasteiger partial charge on any atom is -0.350 e. The first kappa shape index (κ1) is 26.7. The number of benzene rings is 3. The van der Waals surface area contributed by atoms with Gasteiger partial charge in [-0.2, -0.15) is 0 Å². The lowest BCUT2D eigenvalue weighted by Crippen LogP contribution is -2.54. The maximum absolute atomic E-state index is 13.7. The van der Waals surface area contributed by atoms with Gasteiger partial charge in [-0.3, -0.25) is 9.59 Å². The standard InChI is InChI=1S/C30H35BrN2O2/c1-22-10-12-23(13-11-22)16-19-28(34)33(21-25-14-17-26(31)18-15-25)27(29(35)32-30(2,3)4)20-24-8-6-5-7-9-24/h5-15,17-18,27H,16,19-21H2,1-4H3,(H,32,35)/t27-/m0/s1. The van der Waals surface area contributed by atoms with E-state index in [1.54, 1.807) is 4.90 Å². The summed E-state index contributed by atoms with van der Waals surface area (Å²) in [4.78, 5) is 29.0. The van der Waals surface area contributed by atoms with Gasteiger partial charge in [0.05, 0.1) is 0 Å². The first-order valence-corrected chi connectivity index (χ1v) is 12.9. The van der Waals surface area contributed by atoms with Crippen LogP contribution in [0.4, 0.5) is 0 Å². The summed E-state index contributed by atoms with van der Waals surface area (Å²) in [5.74, 6) is -0.166. The highest BCUT2D eigenvalue weighted by Gasteiger charge is 2.32. The summed E-state index contributed by atoms with van der Waals surface area (Å²) in [6.45, 7) is 8.31. The molecule has 1 atom stereocenters. The Bertz CT molecular complexity index is 1100. The summed E-state index contributed by atoms with van der Waals surface area (Å²) < 4.78 is 0.977. The van der Waals surface area contributed by atoms with Crippen LogP contribution in [0.1, 0.15) is 49.4 Å². The lowest BCUT2D eigenvalue weighted by atomic mass is 9.99. The molecule has 0 aliphatic carbocycles. The number of carbonyl (C=O) groups excluding carboxylic acids is 2. The number of carbonyl (C=O) groups is 2. The number of amides is 2. The SMILES string of the molecule is Cc1ccc(CCC(=O)N(Cc2ccc(Br)cc2)[C@@H](Cc2ccccc2)C(=O)NC(C)(C)C)cc1. The van der Waals surface area contributed by atoms with Gasteiger partial charge in [-0.1, -0.05) is 88.2 Å². The molecule has 0 aromatic heterocycles. The van der Waals surface area contributed by atoms with Crippen LogP contribution in [0.5, 0.6) is 0 Å². The van der Waals surface area contributed by atoms with Gasteiger partial charge in [0.2, 0.25) is 11.8 Å². The molecule has 184 valence electrons. The van der Waals surface area contributed by atoms with Gasteiger partial charge < -0.3 is 10.2 Å². The highest BCUT2D eigenvalue weighted by atomic mass is 79.9. The summed E-state index contributed by atoms with van der Waals surface area (Å²) >= 11 is 3.48. The zero-order chi connectivity index (χ0) is 25.4. The van der Waals surface area contributed by atoms with E-state index in [1.807, 2.05) is 75.4 Å². The van der Waals surface area contributed by atoms with Crippen LogP contribution in [0, 0.1) is 6.92 Å². The van der Waals surface area contributed by atoms with Gasteiger partial charge in [0, 0.05) is 29.4 Å². The molecule has 0 aliphatic heterocycles. The van der Waals surface area contributed by atoms with Gasteiger partial charge in [0.15, 0.2) is 0 Å². The predicted molar refractivity (Wildman–Crippen MR) is 146 cm³/mol. The van der Waals surface area contributed by atoms with Gasteiger partial charge in [-0.05, 0) is 62.9 Å². The van der Waals surface area contributed by atoms with E-state index < -0.39 is 11.6 Å². The molecule has 3 aromatic rings. The quantitative estimate of drug-likeness (QED) is 0.353. The molecular weight excluding hydrogens is 500 g/mol. The summed E-state index contributed by atoms with van der Waals surface area (Å²) in [5, 5.41) is 3.11. The lowest BCUT2D eigenvalue weighted by molar-refractivity contribution is -0.141. The van der Waals surface area contributed by atoms with E-state index in [-0.39, 0.29) is 11.8 Å². The molecule has 0 saturated carbocycles. The number of aryl methyl sites for hydroxylation is 2. The van der Waals surface area contributed by atoms with Crippen molar-refractivity contribution in [1.82, 2.24) is 10.2 Å². The van der Waals surface area contributed by atoms with Gasteiger partial charge in [-0.15, -0.1) is 0 Å². The number of rotatable bonds is 9. The Labute approximate surface area is 217 Å². The monoisotopic (exact) mass is 534 g/mol. The molecule has 2 amide bonds. The van der Waals surface area contributed by atoms with Crippen molar-refractivity contribution < 1.29 is 9.59 Å². The molecule has 0 radical (unpaired) electrons. The van der Waals surface area contributed by atoms with Gasteiger partial charge in [0.1, 0.15) is 6.04 Å². The Morgan fingerprint density at radius 1 is 0.857 bits per heavy atom. The smallest absolute Gasteiger partial charge is 0.243 e. The van der Waals surface area contributed by atoms with Crippen molar-refractivity contribution in [2.24, 2.45) is 0 Å². The van der Waals surface area contributed by atoms with Crippen LogP contribution in [0.25, 0.3) is 0 Å². The number of hydrogen-bond donors (Lipinski definition) is 1. The fraction of sp³-hybridized carbons (Fsp3) is 0.333. The third-order valence-electron chi connectivity index (χ3n) is 5.78. The van der Waals surface area contributed by atoms with Crippen molar-refractivity contribution in [3.63, 3.8) is 0 Å². The second kappa shape index (κ2) is 12.2. The fourth-order valence-electron chi connectivity index (χ4n) is 3.94. The molecule has 1 N–H and O–H groups in total. The zero-order valence-corrected chi connectivity index (χ0v) is 22.6. The van der Waals surface area contributed by atoms with Crippen molar-refractivity contribution >= 4 is 27.7 Å². The maximum Gasteiger partial charge on any atom is 0.243 e. The second-order valence-electron chi connectivity index (χ2n) is 10.1. The van der Waals surface area contributed by atoms with Crippen LogP contribution >= 0.6 is 15.9 Å². The number of hydrogen-bond acceptors (Lipinski definition) is 2. The Balaban J connectivity index is 1.91. The number of nitrogens with zero attached hydrogens (tertiary/aromatic N) is 1. The number of halogens is 1. The van der Waals surface area contributed by atoms with Crippen molar-refractivity contribution in [3.8, 4) is 0 Å². The third-order valence-corrected chi connectivity index (χ3v) is 6.31. The summed E-state index contributed by atoms with van der Waals surface area (Å²) in [6.07, 6.45) is 1.43. The average Bonchev–Trinajstić information content (AvgIpc) is 2.81. The number of nitrogens with one attached hydrogen (secondary N) is 1. The van der Waals surface area contributed by atoms with E-state index >= 15 is 0 Å². The van der Waals surface area contributed by atoms with Crippen LogP contribution in [-0.2, 0) is 29.0 Å².